The van der Waals surface area contributed by atoms with Gasteiger partial charge in [-0.1, -0.05) is 19.9 Å². The molecule has 1 heterocycles. The lowest BCUT2D eigenvalue weighted by Crippen LogP contribution is -2.32. The first-order valence-corrected chi connectivity index (χ1v) is 6.36. The topological polar surface area (TPSA) is 42.2 Å². The largest absolute Gasteiger partial charge is 0.357 e. The lowest BCUT2D eigenvalue weighted by atomic mass is 10.0. The Morgan fingerprint density at radius 3 is 2.47 bits per heavy atom. The number of nitrogens with two attached hydrogens (primary N) is 1. The van der Waals surface area contributed by atoms with Crippen LogP contribution in [0.15, 0.2) is 18.3 Å². The molecule has 1 rings (SSSR count). The van der Waals surface area contributed by atoms with Crippen LogP contribution in [-0.2, 0) is 0 Å². The molecule has 1 aromatic rings. The summed E-state index contributed by atoms with van der Waals surface area (Å²) < 4.78 is 0. The average Bonchev–Trinajstić information content (AvgIpc) is 2.27. The number of rotatable bonds is 5. The molecule has 1 aromatic heterocycles. The summed E-state index contributed by atoms with van der Waals surface area (Å²) in [5.41, 5.74) is 7.10. The first-order valence-electron chi connectivity index (χ1n) is 6.36. The second-order valence-electron chi connectivity index (χ2n) is 5.29. The maximum absolute atomic E-state index is 5.99. The van der Waals surface area contributed by atoms with Crippen molar-refractivity contribution in [2.45, 2.75) is 46.2 Å². The third kappa shape index (κ3) is 3.70. The summed E-state index contributed by atoms with van der Waals surface area (Å²) >= 11 is 0. The lowest BCUT2D eigenvalue weighted by Gasteiger charge is -2.29. The SMILES string of the molecule is CC(C)CC(C)N(C)c1ncccc1C(C)N. The molecule has 0 radical (unpaired) electrons. The molecule has 0 bridgehead atoms. The van der Waals surface area contributed by atoms with Gasteiger partial charge in [0.25, 0.3) is 0 Å². The maximum atomic E-state index is 5.99. The molecule has 2 atom stereocenters. The molecular formula is C14H25N3. The molecule has 17 heavy (non-hydrogen) atoms. The highest BCUT2D eigenvalue weighted by Crippen LogP contribution is 2.24. The van der Waals surface area contributed by atoms with Gasteiger partial charge in [0.05, 0.1) is 0 Å². The summed E-state index contributed by atoms with van der Waals surface area (Å²) in [6, 6.07) is 4.50. The van der Waals surface area contributed by atoms with Gasteiger partial charge in [-0.3, -0.25) is 0 Å². The van der Waals surface area contributed by atoms with Gasteiger partial charge in [0, 0.05) is 30.9 Å². The van der Waals surface area contributed by atoms with Gasteiger partial charge in [-0.05, 0) is 32.3 Å². The fourth-order valence-corrected chi connectivity index (χ4v) is 2.11. The van der Waals surface area contributed by atoms with Crippen molar-refractivity contribution in [2.24, 2.45) is 11.7 Å². The molecule has 0 aliphatic rings. The van der Waals surface area contributed by atoms with Gasteiger partial charge in [0.15, 0.2) is 0 Å². The first kappa shape index (κ1) is 14.0. The molecule has 2 N–H and O–H groups in total. The zero-order chi connectivity index (χ0) is 13.0. The van der Waals surface area contributed by atoms with Gasteiger partial charge in [-0.2, -0.15) is 0 Å². The smallest absolute Gasteiger partial charge is 0.133 e. The molecule has 0 aliphatic heterocycles. The van der Waals surface area contributed by atoms with Crippen molar-refractivity contribution in [2.75, 3.05) is 11.9 Å². The van der Waals surface area contributed by atoms with E-state index in [1.165, 1.54) is 0 Å². The zero-order valence-electron chi connectivity index (χ0n) is 11.6. The van der Waals surface area contributed by atoms with Crippen molar-refractivity contribution in [1.29, 1.82) is 0 Å². The van der Waals surface area contributed by atoms with Crippen molar-refractivity contribution < 1.29 is 0 Å². The molecule has 0 aromatic carbocycles. The third-order valence-corrected chi connectivity index (χ3v) is 3.12. The average molecular weight is 235 g/mol. The van der Waals surface area contributed by atoms with Crippen LogP contribution in [-0.4, -0.2) is 18.1 Å². The number of hydrogen-bond donors (Lipinski definition) is 1. The van der Waals surface area contributed by atoms with E-state index in [1.54, 1.807) is 0 Å². The maximum Gasteiger partial charge on any atom is 0.133 e. The third-order valence-electron chi connectivity index (χ3n) is 3.12. The van der Waals surface area contributed by atoms with Gasteiger partial charge >= 0.3 is 0 Å². The van der Waals surface area contributed by atoms with Gasteiger partial charge in [0.1, 0.15) is 5.82 Å². The van der Waals surface area contributed by atoms with E-state index in [2.05, 4.69) is 43.8 Å². The fourth-order valence-electron chi connectivity index (χ4n) is 2.11. The second-order valence-corrected chi connectivity index (χ2v) is 5.29. The Balaban J connectivity index is 2.91. The van der Waals surface area contributed by atoms with Crippen molar-refractivity contribution in [3.8, 4) is 0 Å². The Morgan fingerprint density at radius 1 is 1.29 bits per heavy atom. The number of hydrogen-bond acceptors (Lipinski definition) is 3. The van der Waals surface area contributed by atoms with E-state index in [1.807, 2.05) is 19.2 Å². The van der Waals surface area contributed by atoms with Crippen molar-refractivity contribution in [1.82, 2.24) is 4.98 Å². The summed E-state index contributed by atoms with van der Waals surface area (Å²) in [4.78, 5) is 6.71. The Labute approximate surface area is 105 Å². The Hall–Kier alpha value is -1.09. The monoisotopic (exact) mass is 235 g/mol. The van der Waals surface area contributed by atoms with Gasteiger partial charge in [-0.25, -0.2) is 4.98 Å². The highest BCUT2D eigenvalue weighted by Gasteiger charge is 2.17. The Bertz CT molecular complexity index is 347. The van der Waals surface area contributed by atoms with Crippen LogP contribution in [0.1, 0.15) is 45.7 Å². The fraction of sp³-hybridized carbons (Fsp3) is 0.643. The minimum atomic E-state index is 0.0207. The number of pyridine rings is 1. The molecule has 0 fully saturated rings. The molecule has 0 spiro atoms. The number of anilines is 1. The number of nitrogens with zero attached hydrogens (tertiary/aromatic N) is 2. The van der Waals surface area contributed by atoms with E-state index in [9.17, 15) is 0 Å². The predicted octanol–water partition coefficient (Wildman–Crippen LogP) is 2.97. The summed E-state index contributed by atoms with van der Waals surface area (Å²) in [5.74, 6) is 1.70. The predicted molar refractivity (Wildman–Crippen MR) is 74.2 cm³/mol. The van der Waals surface area contributed by atoms with Crippen molar-refractivity contribution in [3.05, 3.63) is 23.9 Å². The van der Waals surface area contributed by atoms with Crippen LogP contribution < -0.4 is 10.6 Å². The van der Waals surface area contributed by atoms with Crippen molar-refractivity contribution in [3.63, 3.8) is 0 Å². The normalized spacial score (nSPS) is 14.8. The second kappa shape index (κ2) is 6.01. The van der Waals surface area contributed by atoms with E-state index < -0.39 is 0 Å². The Morgan fingerprint density at radius 2 is 1.94 bits per heavy atom. The van der Waals surface area contributed by atoms with Gasteiger partial charge < -0.3 is 10.6 Å². The summed E-state index contributed by atoms with van der Waals surface area (Å²) in [6.07, 6.45) is 2.99. The molecule has 2 unspecified atom stereocenters. The summed E-state index contributed by atoms with van der Waals surface area (Å²) in [5, 5.41) is 0. The number of aromatic nitrogens is 1. The molecular weight excluding hydrogens is 210 g/mol. The van der Waals surface area contributed by atoms with Gasteiger partial charge in [0.2, 0.25) is 0 Å². The molecule has 3 heteroatoms. The summed E-state index contributed by atoms with van der Waals surface area (Å²) in [7, 11) is 2.10. The molecule has 0 amide bonds. The molecule has 3 nitrogen and oxygen atoms in total. The van der Waals surface area contributed by atoms with E-state index in [-0.39, 0.29) is 6.04 Å². The van der Waals surface area contributed by atoms with E-state index in [0.717, 1.165) is 17.8 Å². The molecule has 0 saturated carbocycles. The minimum absolute atomic E-state index is 0.0207. The standard InChI is InChI=1S/C14H25N3/c1-10(2)9-11(3)17(5)14-13(12(4)15)7-6-8-16-14/h6-8,10-12H,9,15H2,1-5H3. The van der Waals surface area contributed by atoms with Crippen LogP contribution in [0.3, 0.4) is 0 Å². The molecule has 0 saturated heterocycles. The quantitative estimate of drug-likeness (QED) is 0.853. The van der Waals surface area contributed by atoms with Crippen LogP contribution in [0.4, 0.5) is 5.82 Å². The molecule has 96 valence electrons. The van der Waals surface area contributed by atoms with Crippen LogP contribution in [0.25, 0.3) is 0 Å². The highest BCUT2D eigenvalue weighted by molar-refractivity contribution is 5.48. The highest BCUT2D eigenvalue weighted by atomic mass is 15.2. The summed E-state index contributed by atoms with van der Waals surface area (Å²) in [6.45, 7) is 8.73. The first-order chi connectivity index (χ1) is 7.93. The van der Waals surface area contributed by atoms with Gasteiger partial charge in [-0.15, -0.1) is 0 Å². The minimum Gasteiger partial charge on any atom is -0.357 e. The van der Waals surface area contributed by atoms with Crippen LogP contribution in [0.5, 0.6) is 0 Å². The van der Waals surface area contributed by atoms with Crippen molar-refractivity contribution >= 4 is 5.82 Å². The van der Waals surface area contributed by atoms with Crippen LogP contribution >= 0.6 is 0 Å². The van der Waals surface area contributed by atoms with Crippen LogP contribution in [0, 0.1) is 5.92 Å². The van der Waals surface area contributed by atoms with E-state index in [4.69, 9.17) is 5.73 Å². The lowest BCUT2D eigenvalue weighted by molar-refractivity contribution is 0.500. The zero-order valence-corrected chi connectivity index (χ0v) is 11.6. The Kier molecular flexibility index (Phi) is 4.94. The van der Waals surface area contributed by atoms with Crippen LogP contribution in [0.2, 0.25) is 0 Å². The van der Waals surface area contributed by atoms with E-state index >= 15 is 0 Å². The van der Waals surface area contributed by atoms with E-state index in [0.29, 0.717) is 12.0 Å². The molecule has 0 aliphatic carbocycles.